The van der Waals surface area contributed by atoms with Gasteiger partial charge in [-0.15, -0.1) is 11.3 Å². The van der Waals surface area contributed by atoms with Crippen LogP contribution in [0.15, 0.2) is 17.5 Å². The molecular formula is C9H14N2O2S3. The van der Waals surface area contributed by atoms with Gasteiger partial charge in [-0.3, -0.25) is 0 Å². The zero-order valence-electron chi connectivity index (χ0n) is 8.84. The van der Waals surface area contributed by atoms with E-state index >= 15 is 0 Å². The maximum Gasteiger partial charge on any atom is 0.218 e. The second-order valence-corrected chi connectivity index (χ2v) is 6.58. The Morgan fingerprint density at radius 3 is 2.81 bits per heavy atom. The second kappa shape index (κ2) is 5.72. The summed E-state index contributed by atoms with van der Waals surface area (Å²) in [5.74, 6) is -0.301. The lowest BCUT2D eigenvalue weighted by atomic mass is 10.2. The lowest BCUT2D eigenvalue weighted by molar-refractivity contribution is 0.557. The van der Waals surface area contributed by atoms with Crippen LogP contribution in [0.1, 0.15) is 24.3 Å². The molecule has 0 saturated heterocycles. The predicted molar refractivity (Wildman–Crippen MR) is 71.1 cm³/mol. The highest BCUT2D eigenvalue weighted by atomic mass is 32.2. The molecule has 16 heavy (non-hydrogen) atoms. The molecule has 1 unspecified atom stereocenters. The van der Waals surface area contributed by atoms with Crippen LogP contribution in [-0.4, -0.2) is 19.2 Å². The third-order valence-corrected chi connectivity index (χ3v) is 4.60. The van der Waals surface area contributed by atoms with Crippen molar-refractivity contribution in [3.63, 3.8) is 0 Å². The summed E-state index contributed by atoms with van der Waals surface area (Å²) in [6, 6.07) is 3.60. The molecule has 0 amide bonds. The quantitative estimate of drug-likeness (QED) is 0.772. The van der Waals surface area contributed by atoms with Crippen LogP contribution in [0.2, 0.25) is 0 Å². The van der Waals surface area contributed by atoms with E-state index in [1.54, 1.807) is 0 Å². The van der Waals surface area contributed by atoms with Crippen molar-refractivity contribution in [1.82, 2.24) is 4.72 Å². The van der Waals surface area contributed by atoms with E-state index in [1.807, 2.05) is 24.4 Å². The molecule has 0 bridgehead atoms. The number of hydrogen-bond donors (Lipinski definition) is 2. The second-order valence-electron chi connectivity index (χ2n) is 3.32. The molecule has 0 aliphatic rings. The van der Waals surface area contributed by atoms with E-state index in [0.29, 0.717) is 6.42 Å². The Bertz CT molecular complexity index is 439. The molecule has 0 aliphatic carbocycles. The largest absolute Gasteiger partial charge is 0.392 e. The normalized spacial score (nSPS) is 13.6. The van der Waals surface area contributed by atoms with E-state index in [9.17, 15) is 8.42 Å². The first-order valence-corrected chi connectivity index (χ1v) is 7.70. The molecule has 1 rings (SSSR count). The fourth-order valence-electron chi connectivity index (χ4n) is 1.28. The number of sulfonamides is 1. The summed E-state index contributed by atoms with van der Waals surface area (Å²) in [6.07, 6.45) is 0.692. The van der Waals surface area contributed by atoms with E-state index in [4.69, 9.17) is 5.73 Å². The molecule has 0 aliphatic heterocycles. The molecule has 3 N–H and O–H groups in total. The first-order valence-electron chi connectivity index (χ1n) is 4.76. The summed E-state index contributed by atoms with van der Waals surface area (Å²) < 4.78 is 25.9. The molecule has 0 aromatic carbocycles. The molecule has 0 saturated carbocycles. The van der Waals surface area contributed by atoms with Crippen LogP contribution in [0, 0.1) is 0 Å². The summed E-state index contributed by atoms with van der Waals surface area (Å²) in [7, 11) is -3.43. The monoisotopic (exact) mass is 278 g/mol. The molecule has 0 spiro atoms. The van der Waals surface area contributed by atoms with Crippen LogP contribution in [-0.2, 0) is 10.0 Å². The van der Waals surface area contributed by atoms with E-state index < -0.39 is 10.0 Å². The van der Waals surface area contributed by atoms with Crippen LogP contribution in [0.4, 0.5) is 0 Å². The van der Waals surface area contributed by atoms with Crippen molar-refractivity contribution in [3.8, 4) is 0 Å². The molecular weight excluding hydrogens is 264 g/mol. The molecule has 1 aromatic heterocycles. The van der Waals surface area contributed by atoms with Gasteiger partial charge in [0.15, 0.2) is 0 Å². The van der Waals surface area contributed by atoms with Gasteiger partial charge in [-0.2, -0.15) is 0 Å². The minimum Gasteiger partial charge on any atom is -0.392 e. The summed E-state index contributed by atoms with van der Waals surface area (Å²) in [4.78, 5) is 0.975. The number of thiophene rings is 1. The van der Waals surface area contributed by atoms with Gasteiger partial charge in [-0.25, -0.2) is 13.1 Å². The maximum absolute atomic E-state index is 11.6. The third kappa shape index (κ3) is 4.17. The Morgan fingerprint density at radius 1 is 1.69 bits per heavy atom. The van der Waals surface area contributed by atoms with Gasteiger partial charge in [0.1, 0.15) is 5.75 Å². The fourth-order valence-corrected chi connectivity index (χ4v) is 3.86. The van der Waals surface area contributed by atoms with Crippen molar-refractivity contribution >= 4 is 38.6 Å². The van der Waals surface area contributed by atoms with Crippen LogP contribution in [0.5, 0.6) is 0 Å². The van der Waals surface area contributed by atoms with Crippen LogP contribution in [0.3, 0.4) is 0 Å². The molecule has 4 nitrogen and oxygen atoms in total. The Morgan fingerprint density at radius 2 is 2.38 bits per heavy atom. The molecule has 0 fully saturated rings. The molecule has 0 radical (unpaired) electrons. The highest BCUT2D eigenvalue weighted by molar-refractivity contribution is 7.92. The van der Waals surface area contributed by atoms with Gasteiger partial charge >= 0.3 is 0 Å². The molecule has 1 aromatic rings. The number of hydrogen-bond acceptors (Lipinski definition) is 4. The average Bonchev–Trinajstić information content (AvgIpc) is 2.64. The zero-order valence-corrected chi connectivity index (χ0v) is 11.3. The zero-order chi connectivity index (χ0) is 12.2. The Labute approximate surface area is 105 Å². The van der Waals surface area contributed by atoms with Gasteiger partial charge in [-0.05, 0) is 17.9 Å². The Balaban J connectivity index is 2.75. The number of nitrogens with two attached hydrogens (primary N) is 1. The van der Waals surface area contributed by atoms with E-state index in [2.05, 4.69) is 16.9 Å². The Hall–Kier alpha value is -0.500. The fraction of sp³-hybridized carbons (Fsp3) is 0.444. The number of thiocarbonyl (C=S) groups is 1. The van der Waals surface area contributed by atoms with E-state index in [1.165, 1.54) is 11.3 Å². The molecule has 7 heteroatoms. The molecule has 90 valence electrons. The smallest absolute Gasteiger partial charge is 0.218 e. The highest BCUT2D eigenvalue weighted by Crippen LogP contribution is 2.22. The van der Waals surface area contributed by atoms with Crippen molar-refractivity contribution < 1.29 is 8.42 Å². The van der Waals surface area contributed by atoms with Crippen LogP contribution in [0.25, 0.3) is 0 Å². The standard InChI is InChI=1S/C9H14N2O2S3/c1-2-7(8-4-3-5-15-8)11-16(12,13)6-9(10)14/h3-5,7,11H,2,6H2,1H3,(H2,10,14). The van der Waals surface area contributed by atoms with Crippen molar-refractivity contribution in [2.24, 2.45) is 5.73 Å². The van der Waals surface area contributed by atoms with Gasteiger partial charge in [0.25, 0.3) is 0 Å². The Kier molecular flexibility index (Phi) is 4.85. The lowest BCUT2D eigenvalue weighted by Crippen LogP contribution is -2.34. The summed E-state index contributed by atoms with van der Waals surface area (Å²) in [5, 5.41) is 1.92. The van der Waals surface area contributed by atoms with E-state index in [0.717, 1.165) is 4.88 Å². The van der Waals surface area contributed by atoms with Crippen molar-refractivity contribution in [1.29, 1.82) is 0 Å². The first kappa shape index (κ1) is 13.6. The van der Waals surface area contributed by atoms with Gasteiger partial charge in [0, 0.05) is 4.88 Å². The van der Waals surface area contributed by atoms with Gasteiger partial charge in [0.05, 0.1) is 11.0 Å². The average molecular weight is 278 g/mol. The minimum absolute atomic E-state index is 0.0199. The SMILES string of the molecule is CCC(NS(=O)(=O)CC(N)=S)c1cccs1. The summed E-state index contributed by atoms with van der Waals surface area (Å²) in [5.41, 5.74) is 5.23. The minimum atomic E-state index is -3.43. The van der Waals surface area contributed by atoms with Crippen LogP contribution < -0.4 is 10.5 Å². The molecule has 1 heterocycles. The number of nitrogens with one attached hydrogen (secondary N) is 1. The van der Waals surface area contributed by atoms with Gasteiger partial charge in [0.2, 0.25) is 10.0 Å². The number of rotatable bonds is 6. The van der Waals surface area contributed by atoms with Crippen molar-refractivity contribution in [2.45, 2.75) is 19.4 Å². The van der Waals surface area contributed by atoms with Gasteiger partial charge in [-0.1, -0.05) is 25.2 Å². The van der Waals surface area contributed by atoms with Crippen molar-refractivity contribution in [3.05, 3.63) is 22.4 Å². The predicted octanol–water partition coefficient (Wildman–Crippen LogP) is 1.40. The maximum atomic E-state index is 11.6. The highest BCUT2D eigenvalue weighted by Gasteiger charge is 2.19. The van der Waals surface area contributed by atoms with Crippen molar-refractivity contribution in [2.75, 3.05) is 5.75 Å². The molecule has 1 atom stereocenters. The summed E-state index contributed by atoms with van der Waals surface area (Å²) >= 11 is 6.12. The van der Waals surface area contributed by atoms with E-state index in [-0.39, 0.29) is 16.8 Å². The lowest BCUT2D eigenvalue weighted by Gasteiger charge is -2.15. The summed E-state index contributed by atoms with van der Waals surface area (Å²) in [6.45, 7) is 1.92. The van der Waals surface area contributed by atoms with Crippen LogP contribution >= 0.6 is 23.6 Å². The van der Waals surface area contributed by atoms with Gasteiger partial charge < -0.3 is 5.73 Å². The third-order valence-electron chi connectivity index (χ3n) is 1.95. The topological polar surface area (TPSA) is 72.2 Å². The first-order chi connectivity index (χ1) is 7.44.